The zero-order valence-electron chi connectivity index (χ0n) is 20.5. The number of hydrogen-bond acceptors (Lipinski definition) is 6. The molecule has 196 valence electrons. The van der Waals surface area contributed by atoms with E-state index in [-0.39, 0.29) is 28.8 Å². The number of aryl methyl sites for hydroxylation is 1. The minimum atomic E-state index is -4.71. The van der Waals surface area contributed by atoms with Gasteiger partial charge in [0.05, 0.1) is 10.5 Å². The molecule has 0 spiro atoms. The van der Waals surface area contributed by atoms with Crippen molar-refractivity contribution in [2.45, 2.75) is 62.6 Å². The third-order valence-electron chi connectivity index (χ3n) is 7.15. The lowest BCUT2D eigenvalue weighted by molar-refractivity contribution is -0.143. The van der Waals surface area contributed by atoms with E-state index in [0.29, 0.717) is 38.1 Å². The van der Waals surface area contributed by atoms with Crippen LogP contribution in [0.3, 0.4) is 0 Å². The van der Waals surface area contributed by atoms with Gasteiger partial charge in [-0.15, -0.1) is 0 Å². The van der Waals surface area contributed by atoms with Crippen LogP contribution in [0.15, 0.2) is 35.5 Å². The van der Waals surface area contributed by atoms with Crippen molar-refractivity contribution in [3.05, 3.63) is 47.3 Å². The topological polar surface area (TPSA) is 83.5 Å². The van der Waals surface area contributed by atoms with E-state index in [1.54, 1.807) is 0 Å². The van der Waals surface area contributed by atoms with E-state index < -0.39 is 27.5 Å². The largest absolute Gasteiger partial charge is 0.416 e. The number of sulfone groups is 1. The maximum absolute atomic E-state index is 13.7. The van der Waals surface area contributed by atoms with Crippen LogP contribution in [-0.4, -0.2) is 61.1 Å². The second-order valence-electron chi connectivity index (χ2n) is 9.63. The van der Waals surface area contributed by atoms with Crippen LogP contribution < -0.4 is 4.90 Å². The summed E-state index contributed by atoms with van der Waals surface area (Å²) in [6.07, 6.45) is 3.34. The highest BCUT2D eigenvalue weighted by Crippen LogP contribution is 2.36. The first kappa shape index (κ1) is 26.4. The molecule has 36 heavy (non-hydrogen) atoms. The number of piperidine rings is 2. The molecule has 1 aromatic heterocycles. The third-order valence-corrected chi connectivity index (χ3v) is 8.26. The number of benzene rings is 1. The minimum absolute atomic E-state index is 0.0289. The first-order valence-corrected chi connectivity index (χ1v) is 14.1. The molecule has 7 nitrogen and oxygen atoms in total. The predicted octanol–water partition coefficient (Wildman–Crippen LogP) is 3.91. The second-order valence-corrected chi connectivity index (χ2v) is 11.6. The van der Waals surface area contributed by atoms with Crippen LogP contribution >= 0.6 is 0 Å². The van der Waals surface area contributed by atoms with E-state index in [2.05, 4.69) is 14.9 Å². The number of alkyl halides is 3. The maximum atomic E-state index is 13.7. The summed E-state index contributed by atoms with van der Waals surface area (Å²) < 4.78 is 64.8. The molecule has 0 bridgehead atoms. The van der Waals surface area contributed by atoms with Gasteiger partial charge in [-0.1, -0.05) is 13.0 Å². The fourth-order valence-corrected chi connectivity index (χ4v) is 5.74. The molecule has 2 aliphatic rings. The highest BCUT2D eigenvalue weighted by atomic mass is 32.2. The molecule has 0 radical (unpaired) electrons. The van der Waals surface area contributed by atoms with Gasteiger partial charge >= 0.3 is 6.18 Å². The Balaban J connectivity index is 1.44. The molecular weight excluding hydrogens is 493 g/mol. The molecule has 0 saturated carbocycles. The van der Waals surface area contributed by atoms with Crippen LogP contribution in [0.25, 0.3) is 0 Å². The molecule has 1 atom stereocenters. The Hall–Kier alpha value is -2.69. The average molecular weight is 525 g/mol. The number of likely N-dealkylation sites (tertiary alicyclic amines) is 1. The molecular formula is C25H31F3N4O3S. The first-order valence-electron chi connectivity index (χ1n) is 12.2. The van der Waals surface area contributed by atoms with Gasteiger partial charge in [0.1, 0.15) is 0 Å². The minimum Gasteiger partial charge on any atom is -0.341 e. The molecule has 2 aromatic rings. The van der Waals surface area contributed by atoms with Crippen molar-refractivity contribution in [1.82, 2.24) is 14.9 Å². The number of nitrogens with zero attached hydrogens (tertiary/aromatic N) is 4. The van der Waals surface area contributed by atoms with E-state index in [4.69, 9.17) is 0 Å². The van der Waals surface area contributed by atoms with Crippen molar-refractivity contribution in [2.75, 3.05) is 30.8 Å². The summed E-state index contributed by atoms with van der Waals surface area (Å²) in [4.78, 5) is 25.8. The fraction of sp³-hybridized carbons (Fsp3) is 0.560. The number of anilines is 1. The summed E-state index contributed by atoms with van der Waals surface area (Å²) in [6.45, 7) is 4.05. The van der Waals surface area contributed by atoms with Gasteiger partial charge in [0, 0.05) is 50.2 Å². The normalized spacial score (nSPS) is 20.1. The smallest absolute Gasteiger partial charge is 0.341 e. The third kappa shape index (κ3) is 5.82. The molecule has 0 unspecified atom stereocenters. The van der Waals surface area contributed by atoms with E-state index in [0.717, 1.165) is 37.5 Å². The predicted molar refractivity (Wildman–Crippen MR) is 129 cm³/mol. The Bertz CT molecular complexity index is 1190. The van der Waals surface area contributed by atoms with Gasteiger partial charge in [-0.3, -0.25) is 4.79 Å². The molecule has 11 heteroatoms. The zero-order chi connectivity index (χ0) is 26.1. The van der Waals surface area contributed by atoms with Crippen molar-refractivity contribution < 1.29 is 26.4 Å². The van der Waals surface area contributed by atoms with Crippen LogP contribution in [0.4, 0.5) is 19.1 Å². The number of hydrogen-bond donors (Lipinski definition) is 0. The average Bonchev–Trinajstić information content (AvgIpc) is 2.84. The fourth-order valence-electron chi connectivity index (χ4n) is 5.09. The molecule has 0 N–H and O–H groups in total. The van der Waals surface area contributed by atoms with Gasteiger partial charge < -0.3 is 9.80 Å². The number of rotatable bonds is 6. The van der Waals surface area contributed by atoms with Crippen molar-refractivity contribution in [1.29, 1.82) is 0 Å². The van der Waals surface area contributed by atoms with Crippen molar-refractivity contribution in [3.8, 4) is 0 Å². The van der Waals surface area contributed by atoms with E-state index in [9.17, 15) is 26.4 Å². The summed E-state index contributed by atoms with van der Waals surface area (Å²) in [5.74, 6) is -0.0128. The molecule has 0 aliphatic carbocycles. The Morgan fingerprint density at radius 1 is 1.06 bits per heavy atom. The Kier molecular flexibility index (Phi) is 7.59. The van der Waals surface area contributed by atoms with Gasteiger partial charge in [-0.25, -0.2) is 18.4 Å². The van der Waals surface area contributed by atoms with Gasteiger partial charge in [0.25, 0.3) is 0 Å². The van der Waals surface area contributed by atoms with Crippen molar-refractivity contribution in [3.63, 3.8) is 0 Å². The van der Waals surface area contributed by atoms with Crippen molar-refractivity contribution >= 4 is 21.7 Å². The second kappa shape index (κ2) is 10.4. The summed E-state index contributed by atoms with van der Waals surface area (Å²) in [7, 11) is -3.79. The molecule has 3 heterocycles. The van der Waals surface area contributed by atoms with E-state index in [1.165, 1.54) is 12.1 Å². The standard InChI is InChI=1S/C25H31F3N4O3S/c1-3-17-15-29-24(30-16-17)31-11-8-20(9-12-31)32-10-4-5-19(23(32)33)13-18-6-7-21(36(2,34)35)14-22(18)25(26,27)28/h6-7,14-16,19-20H,3-5,8-13H2,1-2H3/t19-/m1/s1. The number of amides is 1. The number of carbonyl (C=O) groups excluding carboxylic acids is 1. The van der Waals surface area contributed by atoms with Gasteiger partial charge in [0.2, 0.25) is 11.9 Å². The monoisotopic (exact) mass is 524 g/mol. The SMILES string of the molecule is CCc1cnc(N2CCC(N3CCC[C@H](Cc4ccc(S(C)(=O)=O)cc4C(F)(F)F)C3=O)CC2)nc1. The molecule has 4 rings (SSSR count). The van der Waals surface area contributed by atoms with Crippen LogP contribution in [-0.2, 0) is 33.6 Å². The maximum Gasteiger partial charge on any atom is 0.416 e. The van der Waals surface area contributed by atoms with Gasteiger partial charge in [-0.2, -0.15) is 13.2 Å². The summed E-state index contributed by atoms with van der Waals surface area (Å²) in [5.41, 5.74) is 0.0357. The summed E-state index contributed by atoms with van der Waals surface area (Å²) >= 11 is 0. The number of aromatic nitrogens is 2. The molecule has 2 fully saturated rings. The Labute approximate surface area is 209 Å². The van der Waals surface area contributed by atoms with Gasteiger partial charge in [-0.05, 0) is 61.8 Å². The van der Waals surface area contributed by atoms with Crippen LogP contribution in [0.5, 0.6) is 0 Å². The lowest BCUT2D eigenvalue weighted by atomic mass is 9.87. The summed E-state index contributed by atoms with van der Waals surface area (Å²) in [5, 5.41) is 0. The molecule has 2 saturated heterocycles. The summed E-state index contributed by atoms with van der Waals surface area (Å²) in [6, 6.07) is 3.10. The molecule has 2 aliphatic heterocycles. The zero-order valence-corrected chi connectivity index (χ0v) is 21.3. The lowest BCUT2D eigenvalue weighted by Gasteiger charge is -2.42. The Morgan fingerprint density at radius 2 is 1.72 bits per heavy atom. The molecule has 1 aromatic carbocycles. The Morgan fingerprint density at radius 3 is 2.31 bits per heavy atom. The van der Waals surface area contributed by atoms with E-state index in [1.807, 2.05) is 24.2 Å². The van der Waals surface area contributed by atoms with Crippen molar-refractivity contribution in [2.24, 2.45) is 5.92 Å². The van der Waals surface area contributed by atoms with Gasteiger partial charge in [0.15, 0.2) is 9.84 Å². The van der Waals surface area contributed by atoms with E-state index >= 15 is 0 Å². The quantitative estimate of drug-likeness (QED) is 0.570. The van der Waals surface area contributed by atoms with Crippen LogP contribution in [0.2, 0.25) is 0 Å². The first-order chi connectivity index (χ1) is 17.0. The van der Waals surface area contributed by atoms with Crippen LogP contribution in [0, 0.1) is 5.92 Å². The number of carbonyl (C=O) groups is 1. The highest BCUT2D eigenvalue weighted by molar-refractivity contribution is 7.90. The highest BCUT2D eigenvalue weighted by Gasteiger charge is 2.38. The lowest BCUT2D eigenvalue weighted by Crippen LogP contribution is -2.52. The number of halogens is 3. The van der Waals surface area contributed by atoms with Crippen LogP contribution in [0.1, 0.15) is 49.3 Å². The molecule has 1 amide bonds.